The molecule has 2 heterocycles. The van der Waals surface area contributed by atoms with Crippen LogP contribution in [-0.4, -0.2) is 109 Å². The molecular formula is C34H52N5O7+. The fraction of sp³-hybridized carbons (Fsp3) is 0.706. The first-order valence-corrected chi connectivity index (χ1v) is 16.8. The summed E-state index contributed by atoms with van der Waals surface area (Å²) in [5, 5.41) is 18.2. The molecule has 5 N–H and O–H groups in total. The van der Waals surface area contributed by atoms with Crippen LogP contribution in [-0.2, 0) is 19.8 Å². The third kappa shape index (κ3) is 6.11. The number of nitrogens with one attached hydrogen (secondary N) is 2. The maximum Gasteiger partial charge on any atom is 0.415 e. The molecule has 1 aromatic rings. The van der Waals surface area contributed by atoms with Gasteiger partial charge in [0.05, 0.1) is 25.6 Å². The highest BCUT2D eigenvalue weighted by atomic mass is 16.6. The quantitative estimate of drug-likeness (QED) is 0.199. The van der Waals surface area contributed by atoms with Crippen LogP contribution in [0, 0.1) is 12.8 Å². The second kappa shape index (κ2) is 13.1. The average Bonchev–Trinajstić information content (AvgIpc) is 3.74. The Morgan fingerprint density at radius 2 is 1.98 bits per heavy atom. The zero-order valence-corrected chi connectivity index (χ0v) is 28.0. The Bertz CT molecular complexity index is 1370. The van der Waals surface area contributed by atoms with Gasteiger partial charge in [-0.2, -0.15) is 0 Å². The Labute approximate surface area is 271 Å². The van der Waals surface area contributed by atoms with Crippen molar-refractivity contribution in [3.63, 3.8) is 0 Å². The number of unbranched alkanes of at least 4 members (excludes halogenated alkanes) is 1. The van der Waals surface area contributed by atoms with Gasteiger partial charge in [0.1, 0.15) is 17.7 Å². The van der Waals surface area contributed by atoms with E-state index in [0.29, 0.717) is 43.9 Å². The number of nitrogens with two attached hydrogens (primary N) is 1. The van der Waals surface area contributed by atoms with Crippen LogP contribution in [0.2, 0.25) is 0 Å². The Kier molecular flexibility index (Phi) is 9.73. The molecule has 1 aromatic carbocycles. The van der Waals surface area contributed by atoms with E-state index in [1.54, 1.807) is 13.1 Å². The van der Waals surface area contributed by atoms with Crippen molar-refractivity contribution in [1.29, 1.82) is 0 Å². The minimum absolute atomic E-state index is 0.0310. The Morgan fingerprint density at radius 1 is 1.24 bits per heavy atom. The largest absolute Gasteiger partial charge is 0.477 e. The lowest BCUT2D eigenvalue weighted by atomic mass is 9.52. The Hall–Kier alpha value is -3.22. The highest BCUT2D eigenvalue weighted by molar-refractivity contribution is 5.90. The van der Waals surface area contributed by atoms with E-state index in [2.05, 4.69) is 24.6 Å². The SMILES string of the molecule is CC(=O)N[C@@H](CCCCN)C(=O)NCCN(C)C(=O)Oc1ccc(C)c2c1O[C@H]1C(=O)CC[C@@]3(O)[C@@H](C)[N+](C)(CC4CC4)CC[C@]213. The van der Waals surface area contributed by atoms with Crippen molar-refractivity contribution in [2.24, 2.45) is 11.7 Å². The number of likely N-dealkylation sites (tertiary alicyclic amines) is 1. The van der Waals surface area contributed by atoms with Crippen molar-refractivity contribution in [2.45, 2.75) is 101 Å². The minimum atomic E-state index is -1.17. The van der Waals surface area contributed by atoms with E-state index in [1.165, 1.54) is 24.7 Å². The zero-order chi connectivity index (χ0) is 33.4. The predicted octanol–water partition coefficient (Wildman–Crippen LogP) is 1.92. The normalized spacial score (nSPS) is 30.3. The number of benzene rings is 1. The number of carbonyl (C=O) groups excluding carboxylic acids is 4. The molecule has 2 saturated carbocycles. The number of quaternary nitrogens is 1. The van der Waals surface area contributed by atoms with Gasteiger partial charge in [-0.15, -0.1) is 0 Å². The summed E-state index contributed by atoms with van der Waals surface area (Å²) in [6.45, 7) is 8.12. The molecule has 5 rings (SSSR count). The van der Waals surface area contributed by atoms with Crippen LogP contribution < -0.4 is 25.8 Å². The highest BCUT2D eigenvalue weighted by Gasteiger charge is 2.73. The van der Waals surface area contributed by atoms with Crippen LogP contribution in [0.25, 0.3) is 0 Å². The standard InChI is InChI=1S/C34H51N5O7/c1-21-9-12-27(45-32(43)38(4)18-17-36-31(42)25(37-23(3)40)8-6-7-16-35)29-28(21)33-15-19-39(5,20-24-10-11-24)22(2)34(33,44)14-13-26(41)30(33)46-29/h9,12,22,24-25,30,44H,6-8,10-11,13-20,35H2,1-5H3,(H-,36,37,40,42)/p+1/t22-,25+,30+,33+,34-,39?/m1/s1. The molecule has 3 amide bonds. The second-order valence-corrected chi connectivity index (χ2v) is 14.3. The van der Waals surface area contributed by atoms with Crippen LogP contribution >= 0.6 is 0 Å². The fourth-order valence-electron chi connectivity index (χ4n) is 8.29. The summed E-state index contributed by atoms with van der Waals surface area (Å²) in [5.74, 6) is 0.600. The number of Topliss-reactive ketones (excluding diaryl/α,β-unsaturated/α-hetero) is 1. The lowest BCUT2D eigenvalue weighted by Crippen LogP contribution is -2.78. The molecule has 4 aliphatic rings. The van der Waals surface area contributed by atoms with E-state index in [4.69, 9.17) is 15.2 Å². The number of aryl methyl sites for hydroxylation is 1. The average molecular weight is 643 g/mol. The van der Waals surface area contributed by atoms with Gasteiger partial charge in [-0.1, -0.05) is 6.07 Å². The maximum absolute atomic E-state index is 13.5. The van der Waals surface area contributed by atoms with E-state index >= 15 is 0 Å². The number of piperidine rings is 1. The second-order valence-electron chi connectivity index (χ2n) is 14.3. The summed E-state index contributed by atoms with van der Waals surface area (Å²) in [7, 11) is 3.81. The van der Waals surface area contributed by atoms with Gasteiger partial charge in [0.2, 0.25) is 11.8 Å². The van der Waals surface area contributed by atoms with Gasteiger partial charge < -0.3 is 40.3 Å². The van der Waals surface area contributed by atoms with E-state index in [9.17, 15) is 24.3 Å². The van der Waals surface area contributed by atoms with Gasteiger partial charge in [0.25, 0.3) is 0 Å². The van der Waals surface area contributed by atoms with Gasteiger partial charge in [-0.05, 0) is 70.5 Å². The molecule has 0 aromatic heterocycles. The van der Waals surface area contributed by atoms with Crippen molar-refractivity contribution < 1.29 is 38.2 Å². The summed E-state index contributed by atoms with van der Waals surface area (Å²) in [5.41, 5.74) is 5.14. The lowest BCUT2D eigenvalue weighted by Gasteiger charge is -2.61. The smallest absolute Gasteiger partial charge is 0.415 e. The number of ether oxygens (including phenoxy) is 2. The topological polar surface area (TPSA) is 160 Å². The molecule has 254 valence electrons. The molecule has 0 bridgehead atoms. The first-order valence-electron chi connectivity index (χ1n) is 16.8. The number of amides is 3. The van der Waals surface area contributed by atoms with Crippen molar-refractivity contribution >= 4 is 23.7 Å². The molecule has 12 heteroatoms. The number of likely N-dealkylation sites (N-methyl/N-ethyl adjacent to an activating group) is 2. The number of rotatable bonds is 12. The highest BCUT2D eigenvalue weighted by Crippen LogP contribution is 2.63. The number of carbonyl (C=O) groups is 4. The van der Waals surface area contributed by atoms with Crippen LogP contribution in [0.15, 0.2) is 12.1 Å². The fourth-order valence-corrected chi connectivity index (χ4v) is 8.29. The first kappa shape index (κ1) is 34.1. The summed E-state index contributed by atoms with van der Waals surface area (Å²) >= 11 is 0. The van der Waals surface area contributed by atoms with Crippen molar-refractivity contribution in [3.8, 4) is 11.5 Å². The summed E-state index contributed by atoms with van der Waals surface area (Å²) < 4.78 is 13.1. The van der Waals surface area contributed by atoms with E-state index in [0.717, 1.165) is 35.1 Å². The van der Waals surface area contributed by atoms with Crippen LogP contribution in [0.4, 0.5) is 4.79 Å². The molecule has 2 aliphatic carbocycles. The van der Waals surface area contributed by atoms with Gasteiger partial charge in [0, 0.05) is 51.4 Å². The van der Waals surface area contributed by atoms with E-state index in [-0.39, 0.29) is 48.9 Å². The molecule has 2 aliphatic heterocycles. The molecule has 0 radical (unpaired) electrons. The van der Waals surface area contributed by atoms with Gasteiger partial charge in [-0.3, -0.25) is 14.4 Å². The molecule has 46 heavy (non-hydrogen) atoms. The van der Waals surface area contributed by atoms with Crippen molar-refractivity contribution in [2.75, 3.05) is 46.8 Å². The van der Waals surface area contributed by atoms with Crippen LogP contribution in [0.3, 0.4) is 0 Å². The van der Waals surface area contributed by atoms with Gasteiger partial charge >= 0.3 is 6.09 Å². The molecule has 6 atom stereocenters. The number of ketones is 1. The molecule has 1 unspecified atom stereocenters. The number of aliphatic hydroxyl groups is 1. The number of fused-ring (bicyclic) bond motifs is 1. The zero-order valence-electron chi connectivity index (χ0n) is 28.0. The molecule has 1 spiro atoms. The molecular weight excluding hydrogens is 590 g/mol. The summed E-state index contributed by atoms with van der Waals surface area (Å²) in [4.78, 5) is 52.4. The molecule has 12 nitrogen and oxygen atoms in total. The van der Waals surface area contributed by atoms with Gasteiger partial charge in [0.15, 0.2) is 23.4 Å². The van der Waals surface area contributed by atoms with Crippen LogP contribution in [0.1, 0.15) is 76.3 Å². The number of hydrogen-bond acceptors (Lipinski definition) is 8. The Balaban J connectivity index is 1.30. The molecule has 1 saturated heterocycles. The van der Waals surface area contributed by atoms with E-state index < -0.39 is 29.3 Å². The maximum atomic E-state index is 13.5. The summed E-state index contributed by atoms with van der Waals surface area (Å²) in [6, 6.07) is 2.76. The first-order chi connectivity index (χ1) is 21.8. The van der Waals surface area contributed by atoms with Gasteiger partial charge in [-0.25, -0.2) is 4.79 Å². The van der Waals surface area contributed by atoms with Crippen molar-refractivity contribution in [3.05, 3.63) is 23.3 Å². The lowest BCUT2D eigenvalue weighted by molar-refractivity contribution is -0.948. The van der Waals surface area contributed by atoms with Crippen LogP contribution in [0.5, 0.6) is 11.5 Å². The minimum Gasteiger partial charge on any atom is -0.477 e. The molecule has 3 fully saturated rings. The third-order valence-corrected chi connectivity index (χ3v) is 11.2. The monoisotopic (exact) mass is 642 g/mol. The van der Waals surface area contributed by atoms with Crippen molar-refractivity contribution in [1.82, 2.24) is 15.5 Å². The predicted molar refractivity (Wildman–Crippen MR) is 171 cm³/mol. The van der Waals surface area contributed by atoms with E-state index in [1.807, 2.05) is 13.0 Å². The number of nitrogens with zero attached hydrogens (tertiary/aromatic N) is 2. The Morgan fingerprint density at radius 3 is 2.65 bits per heavy atom. The summed E-state index contributed by atoms with van der Waals surface area (Å²) in [6.07, 6.45) is 4.11. The number of hydrogen-bond donors (Lipinski definition) is 4. The third-order valence-electron chi connectivity index (χ3n) is 11.2.